The van der Waals surface area contributed by atoms with Crippen molar-refractivity contribution in [3.8, 4) is 11.5 Å². The number of ether oxygens (including phenoxy) is 1. The van der Waals surface area contributed by atoms with E-state index in [1.54, 1.807) is 18.2 Å². The number of nitro groups is 1. The summed E-state index contributed by atoms with van der Waals surface area (Å²) >= 11 is 3.30. The highest BCUT2D eigenvalue weighted by molar-refractivity contribution is 9.10. The lowest BCUT2D eigenvalue weighted by Gasteiger charge is -2.09. The summed E-state index contributed by atoms with van der Waals surface area (Å²) in [5.41, 5.74) is 0.00113. The van der Waals surface area contributed by atoms with Crippen LogP contribution in [0.4, 0.5) is 5.69 Å². The van der Waals surface area contributed by atoms with E-state index < -0.39 is 22.1 Å². The summed E-state index contributed by atoms with van der Waals surface area (Å²) < 4.78 is 6.12. The van der Waals surface area contributed by atoms with Gasteiger partial charge in [-0.1, -0.05) is 12.1 Å². The second-order valence-electron chi connectivity index (χ2n) is 4.25. The van der Waals surface area contributed by atoms with E-state index in [-0.39, 0.29) is 5.75 Å². The fraction of sp³-hybridized carbons (Fsp3) is 0.0714. The molecule has 0 unspecified atom stereocenters. The van der Waals surface area contributed by atoms with Crippen LogP contribution in [0, 0.1) is 17.0 Å². The second kappa shape index (κ2) is 5.92. The van der Waals surface area contributed by atoms with E-state index in [1.165, 1.54) is 12.1 Å². The van der Waals surface area contributed by atoms with Crippen LogP contribution in [0.1, 0.15) is 15.9 Å². The molecule has 0 aliphatic heterocycles. The Labute approximate surface area is 128 Å². The molecule has 2 aromatic carbocycles. The van der Waals surface area contributed by atoms with Crippen LogP contribution in [0.25, 0.3) is 0 Å². The van der Waals surface area contributed by atoms with E-state index in [1.807, 2.05) is 6.92 Å². The molecule has 0 saturated heterocycles. The number of aryl methyl sites for hydroxylation is 1. The molecular formula is C14H10BrNO5. The highest BCUT2D eigenvalue weighted by atomic mass is 79.9. The zero-order chi connectivity index (χ0) is 15.6. The molecule has 21 heavy (non-hydrogen) atoms. The first-order valence-corrected chi connectivity index (χ1v) is 6.64. The molecule has 0 aliphatic rings. The van der Waals surface area contributed by atoms with Gasteiger partial charge < -0.3 is 9.84 Å². The number of carboxylic acid groups (broad SMARTS) is 1. The minimum Gasteiger partial charge on any atom is -0.477 e. The molecule has 0 amide bonds. The summed E-state index contributed by atoms with van der Waals surface area (Å²) in [6, 6.07) is 9.15. The number of hydrogen-bond donors (Lipinski definition) is 1. The summed E-state index contributed by atoms with van der Waals surface area (Å²) in [6.07, 6.45) is 0. The smallest absolute Gasteiger partial charge is 0.342 e. The van der Waals surface area contributed by atoms with Crippen molar-refractivity contribution in [1.29, 1.82) is 0 Å². The van der Waals surface area contributed by atoms with Crippen molar-refractivity contribution in [3.05, 3.63) is 62.1 Å². The zero-order valence-electron chi connectivity index (χ0n) is 10.9. The van der Waals surface area contributed by atoms with Gasteiger partial charge in [0, 0.05) is 0 Å². The standard InChI is InChI=1S/C14H10BrNO5/c1-8-5-6-11(10(15)7-8)21-12-4-2-3-9(14(17)18)13(12)16(19)20/h2-7H,1H3,(H,17,18). The van der Waals surface area contributed by atoms with Gasteiger partial charge in [0.15, 0.2) is 0 Å². The van der Waals surface area contributed by atoms with Crippen LogP contribution in [0.15, 0.2) is 40.9 Å². The number of aromatic carboxylic acids is 1. The number of nitrogens with zero attached hydrogens (tertiary/aromatic N) is 1. The number of rotatable bonds is 4. The first-order valence-electron chi connectivity index (χ1n) is 5.85. The van der Waals surface area contributed by atoms with Crippen molar-refractivity contribution in [2.24, 2.45) is 0 Å². The molecule has 1 N–H and O–H groups in total. The minimum atomic E-state index is -1.38. The molecule has 2 aromatic rings. The third-order valence-electron chi connectivity index (χ3n) is 2.72. The number of nitro benzene ring substituents is 1. The van der Waals surface area contributed by atoms with Crippen LogP contribution >= 0.6 is 15.9 Å². The molecule has 0 spiro atoms. The SMILES string of the molecule is Cc1ccc(Oc2cccc(C(=O)O)c2[N+](=O)[O-])c(Br)c1. The Morgan fingerprint density at radius 2 is 2.00 bits per heavy atom. The molecule has 0 heterocycles. The monoisotopic (exact) mass is 351 g/mol. The maximum Gasteiger partial charge on any atom is 0.342 e. The third kappa shape index (κ3) is 3.19. The molecule has 2 rings (SSSR count). The summed E-state index contributed by atoms with van der Waals surface area (Å²) in [5.74, 6) is -1.13. The Balaban J connectivity index is 2.51. The van der Waals surface area contributed by atoms with Gasteiger partial charge in [0.05, 0.1) is 9.40 Å². The molecular weight excluding hydrogens is 342 g/mol. The van der Waals surface area contributed by atoms with Crippen molar-refractivity contribution in [1.82, 2.24) is 0 Å². The Hall–Kier alpha value is -2.41. The molecule has 0 saturated carbocycles. The van der Waals surface area contributed by atoms with E-state index in [4.69, 9.17) is 9.84 Å². The molecule has 0 atom stereocenters. The van der Waals surface area contributed by atoms with E-state index >= 15 is 0 Å². The molecule has 0 fully saturated rings. The van der Waals surface area contributed by atoms with Gasteiger partial charge in [-0.2, -0.15) is 0 Å². The van der Waals surface area contributed by atoms with Crippen molar-refractivity contribution in [2.45, 2.75) is 6.92 Å². The number of benzene rings is 2. The highest BCUT2D eigenvalue weighted by Crippen LogP contribution is 2.37. The zero-order valence-corrected chi connectivity index (χ0v) is 12.5. The van der Waals surface area contributed by atoms with Gasteiger partial charge in [-0.3, -0.25) is 10.1 Å². The minimum absolute atomic E-state index is 0.121. The average molecular weight is 352 g/mol. The number of hydrogen-bond acceptors (Lipinski definition) is 4. The molecule has 0 aliphatic carbocycles. The topological polar surface area (TPSA) is 89.7 Å². The van der Waals surface area contributed by atoms with Crippen LogP contribution in [0.5, 0.6) is 11.5 Å². The first-order chi connectivity index (χ1) is 9.90. The average Bonchev–Trinajstić information content (AvgIpc) is 2.41. The fourth-order valence-corrected chi connectivity index (χ4v) is 2.35. The van der Waals surface area contributed by atoms with Crippen LogP contribution in [-0.4, -0.2) is 16.0 Å². The predicted octanol–water partition coefficient (Wildman–Crippen LogP) is 4.16. The second-order valence-corrected chi connectivity index (χ2v) is 5.10. The Kier molecular flexibility index (Phi) is 4.23. The third-order valence-corrected chi connectivity index (χ3v) is 3.34. The van der Waals surface area contributed by atoms with Gasteiger partial charge in [-0.25, -0.2) is 4.79 Å². The molecule has 0 bridgehead atoms. The Bertz CT molecular complexity index is 729. The normalized spacial score (nSPS) is 10.2. The van der Waals surface area contributed by atoms with Gasteiger partial charge >= 0.3 is 11.7 Å². The number of carbonyl (C=O) groups is 1. The van der Waals surface area contributed by atoms with Gasteiger partial charge in [0.25, 0.3) is 0 Å². The molecule has 0 radical (unpaired) electrons. The lowest BCUT2D eigenvalue weighted by molar-refractivity contribution is -0.386. The van der Waals surface area contributed by atoms with E-state index in [2.05, 4.69) is 15.9 Å². The lowest BCUT2D eigenvalue weighted by Crippen LogP contribution is -2.04. The first kappa shape index (κ1) is 15.0. The summed E-state index contributed by atoms with van der Waals surface area (Å²) in [5, 5.41) is 20.2. The van der Waals surface area contributed by atoms with Crippen molar-refractivity contribution < 1.29 is 19.6 Å². The summed E-state index contributed by atoms with van der Waals surface area (Å²) in [6.45, 7) is 1.89. The lowest BCUT2D eigenvalue weighted by atomic mass is 10.1. The quantitative estimate of drug-likeness (QED) is 0.659. The fourth-order valence-electron chi connectivity index (χ4n) is 1.77. The predicted molar refractivity (Wildman–Crippen MR) is 79.0 cm³/mol. The molecule has 7 heteroatoms. The van der Waals surface area contributed by atoms with E-state index in [0.29, 0.717) is 10.2 Å². The summed E-state index contributed by atoms with van der Waals surface area (Å²) in [4.78, 5) is 21.4. The van der Waals surface area contributed by atoms with E-state index in [0.717, 1.165) is 11.6 Å². The Morgan fingerprint density at radius 1 is 1.29 bits per heavy atom. The summed E-state index contributed by atoms with van der Waals surface area (Å²) in [7, 11) is 0. The van der Waals surface area contributed by atoms with Gasteiger partial charge in [-0.15, -0.1) is 0 Å². The molecule has 0 aromatic heterocycles. The molecule has 6 nitrogen and oxygen atoms in total. The van der Waals surface area contributed by atoms with E-state index in [9.17, 15) is 14.9 Å². The van der Waals surface area contributed by atoms with Gasteiger partial charge in [0.1, 0.15) is 11.3 Å². The largest absolute Gasteiger partial charge is 0.477 e. The van der Waals surface area contributed by atoms with Gasteiger partial charge in [0.2, 0.25) is 5.75 Å². The number of carboxylic acids is 1. The van der Waals surface area contributed by atoms with Crippen LogP contribution in [-0.2, 0) is 0 Å². The van der Waals surface area contributed by atoms with Gasteiger partial charge in [-0.05, 0) is 52.7 Å². The number of halogens is 1. The van der Waals surface area contributed by atoms with Crippen molar-refractivity contribution >= 4 is 27.6 Å². The number of para-hydroxylation sites is 1. The van der Waals surface area contributed by atoms with Crippen LogP contribution < -0.4 is 4.74 Å². The highest BCUT2D eigenvalue weighted by Gasteiger charge is 2.26. The van der Waals surface area contributed by atoms with Crippen LogP contribution in [0.2, 0.25) is 0 Å². The van der Waals surface area contributed by atoms with Crippen molar-refractivity contribution in [3.63, 3.8) is 0 Å². The van der Waals surface area contributed by atoms with Crippen LogP contribution in [0.3, 0.4) is 0 Å². The van der Waals surface area contributed by atoms with Crippen molar-refractivity contribution in [2.75, 3.05) is 0 Å². The molecule has 108 valence electrons. The maximum absolute atomic E-state index is 11.1. The maximum atomic E-state index is 11.1. The Morgan fingerprint density at radius 3 is 2.57 bits per heavy atom.